The third-order valence-corrected chi connectivity index (χ3v) is 2.50. The van der Waals surface area contributed by atoms with Gasteiger partial charge >= 0.3 is 0 Å². The summed E-state index contributed by atoms with van der Waals surface area (Å²) in [5, 5.41) is 3.35. The first-order chi connectivity index (χ1) is 6.92. The van der Waals surface area contributed by atoms with Gasteiger partial charge in [-0.05, 0) is 37.4 Å². The van der Waals surface area contributed by atoms with Gasteiger partial charge in [0.1, 0.15) is 0 Å². The highest BCUT2D eigenvalue weighted by atomic mass is 14.9. The molecule has 2 nitrogen and oxygen atoms in total. The van der Waals surface area contributed by atoms with Crippen molar-refractivity contribution in [2.75, 3.05) is 7.05 Å². The Morgan fingerprint density at radius 2 is 2.00 bits per heavy atom. The van der Waals surface area contributed by atoms with Crippen LogP contribution in [0, 0.1) is 12.3 Å². The molecule has 0 spiro atoms. The predicted octanol–water partition coefficient (Wildman–Crippen LogP) is 3.09. The molecular formula is C13H22N2. The van der Waals surface area contributed by atoms with Crippen LogP contribution < -0.4 is 5.32 Å². The lowest BCUT2D eigenvalue weighted by molar-refractivity contribution is 0.320. The summed E-state index contributed by atoms with van der Waals surface area (Å²) in [6, 6.07) is 4.63. The van der Waals surface area contributed by atoms with Gasteiger partial charge in [0.2, 0.25) is 0 Å². The summed E-state index contributed by atoms with van der Waals surface area (Å²) < 4.78 is 0. The van der Waals surface area contributed by atoms with Crippen LogP contribution in [0.15, 0.2) is 18.3 Å². The molecule has 0 saturated heterocycles. The quantitative estimate of drug-likeness (QED) is 0.822. The van der Waals surface area contributed by atoms with Gasteiger partial charge < -0.3 is 5.32 Å². The van der Waals surface area contributed by atoms with Crippen LogP contribution in [0.5, 0.6) is 0 Å². The highest BCUT2D eigenvalue weighted by Gasteiger charge is 2.18. The van der Waals surface area contributed by atoms with Crippen molar-refractivity contribution >= 4 is 0 Å². The summed E-state index contributed by atoms with van der Waals surface area (Å²) >= 11 is 0. The third-order valence-electron chi connectivity index (χ3n) is 2.50. The Bertz CT molecular complexity index is 295. The lowest BCUT2D eigenvalue weighted by Gasteiger charge is -2.25. The van der Waals surface area contributed by atoms with Gasteiger partial charge in [0.15, 0.2) is 0 Å². The minimum Gasteiger partial charge on any atom is -0.313 e. The topological polar surface area (TPSA) is 24.9 Å². The van der Waals surface area contributed by atoms with E-state index in [4.69, 9.17) is 0 Å². The van der Waals surface area contributed by atoms with Crippen molar-refractivity contribution < 1.29 is 0 Å². The van der Waals surface area contributed by atoms with Crippen LogP contribution >= 0.6 is 0 Å². The molecule has 84 valence electrons. The molecule has 0 radical (unpaired) electrons. The van der Waals surface area contributed by atoms with E-state index in [1.165, 1.54) is 5.56 Å². The SMILES string of the molecule is CNC(CC(C)(C)C)c1ccc(C)nc1. The molecule has 0 bridgehead atoms. The molecule has 0 aliphatic rings. The molecule has 0 fully saturated rings. The van der Waals surface area contributed by atoms with Crippen LogP contribution in [0.4, 0.5) is 0 Å². The Hall–Kier alpha value is -0.890. The number of aryl methyl sites for hydroxylation is 1. The molecule has 1 rings (SSSR count). The fourth-order valence-electron chi connectivity index (χ4n) is 1.68. The minimum atomic E-state index is 0.332. The van der Waals surface area contributed by atoms with Gasteiger partial charge in [-0.1, -0.05) is 26.8 Å². The summed E-state index contributed by atoms with van der Waals surface area (Å²) in [4.78, 5) is 4.34. The van der Waals surface area contributed by atoms with Crippen molar-refractivity contribution in [3.8, 4) is 0 Å². The van der Waals surface area contributed by atoms with E-state index in [9.17, 15) is 0 Å². The summed E-state index contributed by atoms with van der Waals surface area (Å²) in [5.74, 6) is 0. The van der Waals surface area contributed by atoms with Crippen LogP contribution in [0.25, 0.3) is 0 Å². The average Bonchev–Trinajstić information content (AvgIpc) is 2.14. The molecule has 1 aromatic heterocycles. The number of nitrogens with one attached hydrogen (secondary N) is 1. The lowest BCUT2D eigenvalue weighted by atomic mass is 9.86. The molecule has 0 aliphatic heterocycles. The maximum Gasteiger partial charge on any atom is 0.0372 e. The zero-order chi connectivity index (χ0) is 11.5. The van der Waals surface area contributed by atoms with E-state index in [1.807, 2.05) is 20.2 Å². The second-order valence-corrected chi connectivity index (χ2v) is 5.34. The minimum absolute atomic E-state index is 0.332. The Labute approximate surface area is 93.1 Å². The van der Waals surface area contributed by atoms with Crippen LogP contribution in [-0.2, 0) is 0 Å². The van der Waals surface area contributed by atoms with Gasteiger partial charge in [-0.25, -0.2) is 0 Å². The first kappa shape index (κ1) is 12.2. The largest absolute Gasteiger partial charge is 0.313 e. The Kier molecular flexibility index (Phi) is 3.86. The standard InChI is InChI=1S/C13H22N2/c1-10-6-7-11(9-15-10)12(14-5)8-13(2,3)4/h6-7,9,12,14H,8H2,1-5H3. The Morgan fingerprint density at radius 3 is 2.40 bits per heavy atom. The Balaban J connectivity index is 2.79. The van der Waals surface area contributed by atoms with Gasteiger partial charge in [0, 0.05) is 17.9 Å². The van der Waals surface area contributed by atoms with E-state index in [0.717, 1.165) is 12.1 Å². The summed E-state index contributed by atoms with van der Waals surface area (Å²) in [5.41, 5.74) is 2.68. The van der Waals surface area contributed by atoms with Gasteiger partial charge in [-0.15, -0.1) is 0 Å². The molecule has 0 saturated carbocycles. The van der Waals surface area contributed by atoms with E-state index in [-0.39, 0.29) is 0 Å². The molecule has 15 heavy (non-hydrogen) atoms. The summed E-state index contributed by atoms with van der Waals surface area (Å²) in [7, 11) is 2.01. The molecule has 1 N–H and O–H groups in total. The normalized spacial score (nSPS) is 13.9. The number of hydrogen-bond acceptors (Lipinski definition) is 2. The zero-order valence-electron chi connectivity index (χ0n) is 10.5. The molecular weight excluding hydrogens is 184 g/mol. The Morgan fingerprint density at radius 1 is 1.33 bits per heavy atom. The number of hydrogen-bond donors (Lipinski definition) is 1. The van der Waals surface area contributed by atoms with E-state index in [0.29, 0.717) is 11.5 Å². The van der Waals surface area contributed by atoms with Gasteiger partial charge in [0.05, 0.1) is 0 Å². The van der Waals surface area contributed by atoms with Crippen LogP contribution in [0.3, 0.4) is 0 Å². The van der Waals surface area contributed by atoms with Crippen molar-refractivity contribution in [1.29, 1.82) is 0 Å². The van der Waals surface area contributed by atoms with E-state index < -0.39 is 0 Å². The number of pyridine rings is 1. The van der Waals surface area contributed by atoms with E-state index >= 15 is 0 Å². The highest BCUT2D eigenvalue weighted by Crippen LogP contribution is 2.28. The molecule has 1 unspecified atom stereocenters. The molecule has 2 heteroatoms. The smallest absolute Gasteiger partial charge is 0.0372 e. The number of rotatable bonds is 3. The molecule has 0 aliphatic carbocycles. The average molecular weight is 206 g/mol. The second-order valence-electron chi connectivity index (χ2n) is 5.34. The van der Waals surface area contributed by atoms with Crippen LogP contribution in [-0.4, -0.2) is 12.0 Å². The third kappa shape index (κ3) is 4.00. The maximum absolute atomic E-state index is 4.34. The summed E-state index contributed by atoms with van der Waals surface area (Å²) in [6.07, 6.45) is 3.09. The predicted molar refractivity (Wildman–Crippen MR) is 64.8 cm³/mol. The van der Waals surface area contributed by atoms with Gasteiger partial charge in [-0.2, -0.15) is 0 Å². The fraction of sp³-hybridized carbons (Fsp3) is 0.615. The van der Waals surface area contributed by atoms with Crippen LogP contribution in [0.2, 0.25) is 0 Å². The zero-order valence-corrected chi connectivity index (χ0v) is 10.5. The van der Waals surface area contributed by atoms with Crippen molar-refractivity contribution in [1.82, 2.24) is 10.3 Å². The first-order valence-electron chi connectivity index (χ1n) is 5.52. The maximum atomic E-state index is 4.34. The second kappa shape index (κ2) is 4.75. The molecule has 0 amide bonds. The fourth-order valence-corrected chi connectivity index (χ4v) is 1.68. The van der Waals surface area contributed by atoms with Crippen LogP contribution in [0.1, 0.15) is 44.5 Å². The van der Waals surface area contributed by atoms with Gasteiger partial charge in [0.25, 0.3) is 0 Å². The first-order valence-corrected chi connectivity index (χ1v) is 5.52. The van der Waals surface area contributed by atoms with Crippen molar-refractivity contribution in [2.45, 2.75) is 40.2 Å². The van der Waals surface area contributed by atoms with Gasteiger partial charge in [-0.3, -0.25) is 4.98 Å². The van der Waals surface area contributed by atoms with Crippen molar-refractivity contribution in [3.05, 3.63) is 29.6 Å². The lowest BCUT2D eigenvalue weighted by Crippen LogP contribution is -2.22. The van der Waals surface area contributed by atoms with Crippen molar-refractivity contribution in [2.24, 2.45) is 5.41 Å². The highest BCUT2D eigenvalue weighted by molar-refractivity contribution is 5.17. The van der Waals surface area contributed by atoms with Crippen molar-refractivity contribution in [3.63, 3.8) is 0 Å². The van der Waals surface area contributed by atoms with E-state index in [2.05, 4.69) is 43.2 Å². The molecule has 1 heterocycles. The van der Waals surface area contributed by atoms with E-state index in [1.54, 1.807) is 0 Å². The number of nitrogens with zero attached hydrogens (tertiary/aromatic N) is 1. The molecule has 1 aromatic rings. The molecule has 1 atom stereocenters. The monoisotopic (exact) mass is 206 g/mol. The summed E-state index contributed by atoms with van der Waals surface area (Å²) in [6.45, 7) is 8.80. The number of aromatic nitrogens is 1. The molecule has 0 aromatic carbocycles.